The SMILES string of the molecule is O=C(c1ccc(-c2ccsc2)cc1)N1C2CCC1CC(n1cncn1)C2. The lowest BCUT2D eigenvalue weighted by Crippen LogP contribution is -2.47. The van der Waals surface area contributed by atoms with Crippen LogP contribution in [0.5, 0.6) is 0 Å². The number of amides is 1. The van der Waals surface area contributed by atoms with Crippen LogP contribution in [0.3, 0.4) is 0 Å². The van der Waals surface area contributed by atoms with Crippen molar-refractivity contribution in [2.75, 3.05) is 0 Å². The Morgan fingerprint density at radius 1 is 1.00 bits per heavy atom. The van der Waals surface area contributed by atoms with Gasteiger partial charge in [0.15, 0.2) is 0 Å². The Morgan fingerprint density at radius 2 is 1.77 bits per heavy atom. The van der Waals surface area contributed by atoms with Gasteiger partial charge < -0.3 is 4.90 Å². The first-order valence-electron chi connectivity index (χ1n) is 9.09. The third kappa shape index (κ3) is 2.65. The summed E-state index contributed by atoms with van der Waals surface area (Å²) in [5, 5.41) is 8.51. The maximum atomic E-state index is 13.1. The number of hydrogen-bond donors (Lipinski definition) is 0. The van der Waals surface area contributed by atoms with Crippen molar-refractivity contribution >= 4 is 17.2 Å². The quantitative estimate of drug-likeness (QED) is 0.705. The molecule has 2 aliphatic heterocycles. The molecule has 2 fully saturated rings. The first kappa shape index (κ1) is 15.8. The van der Waals surface area contributed by atoms with E-state index in [1.165, 1.54) is 5.56 Å². The van der Waals surface area contributed by atoms with Gasteiger partial charge in [0.1, 0.15) is 12.7 Å². The Labute approximate surface area is 156 Å². The summed E-state index contributed by atoms with van der Waals surface area (Å²) in [4.78, 5) is 19.3. The van der Waals surface area contributed by atoms with Crippen LogP contribution >= 0.6 is 11.3 Å². The molecule has 132 valence electrons. The minimum absolute atomic E-state index is 0.173. The normalized spacial score (nSPS) is 24.8. The molecule has 0 aliphatic carbocycles. The molecule has 2 saturated heterocycles. The van der Waals surface area contributed by atoms with Gasteiger partial charge in [-0.15, -0.1) is 0 Å². The van der Waals surface area contributed by atoms with Gasteiger partial charge in [0.05, 0.1) is 6.04 Å². The summed E-state index contributed by atoms with van der Waals surface area (Å²) in [6.07, 6.45) is 7.51. The van der Waals surface area contributed by atoms with E-state index < -0.39 is 0 Å². The summed E-state index contributed by atoms with van der Waals surface area (Å²) in [5.41, 5.74) is 3.17. The lowest BCUT2D eigenvalue weighted by Gasteiger charge is -2.39. The number of hydrogen-bond acceptors (Lipinski definition) is 4. The van der Waals surface area contributed by atoms with Gasteiger partial charge in [-0.3, -0.25) is 4.79 Å². The van der Waals surface area contributed by atoms with E-state index in [0.717, 1.165) is 36.8 Å². The molecule has 26 heavy (non-hydrogen) atoms. The molecule has 2 bridgehead atoms. The zero-order valence-corrected chi connectivity index (χ0v) is 15.2. The van der Waals surface area contributed by atoms with E-state index in [0.29, 0.717) is 18.1 Å². The Hall–Kier alpha value is -2.47. The number of carbonyl (C=O) groups excluding carboxylic acids is 1. The molecule has 5 nitrogen and oxygen atoms in total. The third-order valence-electron chi connectivity index (χ3n) is 5.74. The van der Waals surface area contributed by atoms with Crippen LogP contribution in [0.2, 0.25) is 0 Å². The highest BCUT2D eigenvalue weighted by molar-refractivity contribution is 7.08. The first-order valence-corrected chi connectivity index (χ1v) is 10.0. The number of piperidine rings is 1. The molecule has 0 radical (unpaired) electrons. The van der Waals surface area contributed by atoms with Gasteiger partial charge in [0, 0.05) is 17.6 Å². The van der Waals surface area contributed by atoms with E-state index in [1.54, 1.807) is 24.0 Å². The Bertz CT molecular complexity index is 875. The number of aromatic nitrogens is 3. The molecular formula is C20H20N4OS. The maximum Gasteiger partial charge on any atom is 0.254 e. The van der Waals surface area contributed by atoms with E-state index in [-0.39, 0.29) is 5.91 Å². The predicted octanol–water partition coefficient (Wildman–Crippen LogP) is 4.01. The molecule has 0 N–H and O–H groups in total. The van der Waals surface area contributed by atoms with Gasteiger partial charge in [-0.2, -0.15) is 16.4 Å². The van der Waals surface area contributed by atoms with Gasteiger partial charge in [-0.1, -0.05) is 12.1 Å². The zero-order valence-electron chi connectivity index (χ0n) is 14.4. The minimum Gasteiger partial charge on any atom is -0.333 e. The first-order chi connectivity index (χ1) is 12.8. The van der Waals surface area contributed by atoms with Crippen molar-refractivity contribution in [3.05, 3.63) is 59.3 Å². The summed E-state index contributed by atoms with van der Waals surface area (Å²) in [7, 11) is 0. The van der Waals surface area contributed by atoms with Crippen molar-refractivity contribution in [1.82, 2.24) is 19.7 Å². The minimum atomic E-state index is 0.173. The Morgan fingerprint density at radius 3 is 2.38 bits per heavy atom. The van der Waals surface area contributed by atoms with Crippen molar-refractivity contribution in [2.24, 2.45) is 0 Å². The topological polar surface area (TPSA) is 51.0 Å². The van der Waals surface area contributed by atoms with Crippen molar-refractivity contribution in [1.29, 1.82) is 0 Å². The van der Waals surface area contributed by atoms with Gasteiger partial charge in [0.2, 0.25) is 0 Å². The van der Waals surface area contributed by atoms with Crippen LogP contribution in [0.1, 0.15) is 42.1 Å². The maximum absolute atomic E-state index is 13.1. The number of nitrogens with zero attached hydrogens (tertiary/aromatic N) is 4. The van der Waals surface area contributed by atoms with Crippen molar-refractivity contribution in [2.45, 2.75) is 43.8 Å². The number of fused-ring (bicyclic) bond motifs is 2. The average molecular weight is 364 g/mol. The second-order valence-corrected chi connectivity index (χ2v) is 7.97. The summed E-state index contributed by atoms with van der Waals surface area (Å²) < 4.78 is 1.96. The van der Waals surface area contributed by atoms with Gasteiger partial charge in [-0.05, 0) is 65.8 Å². The molecule has 0 spiro atoms. The zero-order chi connectivity index (χ0) is 17.5. The highest BCUT2D eigenvalue weighted by atomic mass is 32.1. The third-order valence-corrected chi connectivity index (χ3v) is 6.42. The van der Waals surface area contributed by atoms with Crippen molar-refractivity contribution < 1.29 is 4.79 Å². The molecule has 2 aromatic heterocycles. The molecule has 0 saturated carbocycles. The van der Waals surface area contributed by atoms with Crippen LogP contribution in [-0.2, 0) is 0 Å². The van der Waals surface area contributed by atoms with Crippen LogP contribution in [-0.4, -0.2) is 37.7 Å². The van der Waals surface area contributed by atoms with Gasteiger partial charge in [0.25, 0.3) is 5.91 Å². The van der Waals surface area contributed by atoms with Gasteiger partial charge >= 0.3 is 0 Å². The summed E-state index contributed by atoms with van der Waals surface area (Å²) in [6.45, 7) is 0. The van der Waals surface area contributed by atoms with E-state index in [4.69, 9.17) is 0 Å². The summed E-state index contributed by atoms with van der Waals surface area (Å²) in [6, 6.07) is 11.1. The van der Waals surface area contributed by atoms with Crippen LogP contribution in [0.4, 0.5) is 0 Å². The van der Waals surface area contributed by atoms with Gasteiger partial charge in [-0.25, -0.2) is 9.67 Å². The van der Waals surface area contributed by atoms with Crippen molar-refractivity contribution in [3.63, 3.8) is 0 Å². The van der Waals surface area contributed by atoms with Crippen molar-refractivity contribution in [3.8, 4) is 11.1 Å². The van der Waals surface area contributed by atoms with E-state index in [9.17, 15) is 4.79 Å². The Kier molecular flexibility index (Phi) is 3.85. The second-order valence-electron chi connectivity index (χ2n) is 7.19. The van der Waals surface area contributed by atoms with E-state index in [1.807, 2.05) is 16.8 Å². The Balaban J connectivity index is 1.35. The highest BCUT2D eigenvalue weighted by Gasteiger charge is 2.44. The lowest BCUT2D eigenvalue weighted by molar-refractivity contribution is 0.0524. The molecule has 3 aromatic rings. The van der Waals surface area contributed by atoms with E-state index in [2.05, 4.69) is 43.9 Å². The predicted molar refractivity (Wildman–Crippen MR) is 101 cm³/mol. The fourth-order valence-corrected chi connectivity index (χ4v) is 5.15. The highest BCUT2D eigenvalue weighted by Crippen LogP contribution is 2.41. The summed E-state index contributed by atoms with van der Waals surface area (Å²) in [5.74, 6) is 0.173. The van der Waals surface area contributed by atoms with Crippen LogP contribution in [0.15, 0.2) is 53.7 Å². The largest absolute Gasteiger partial charge is 0.333 e. The number of benzene rings is 1. The molecular weight excluding hydrogens is 344 g/mol. The molecule has 2 unspecified atom stereocenters. The fraction of sp³-hybridized carbons (Fsp3) is 0.350. The molecule has 1 aromatic carbocycles. The molecule has 2 atom stereocenters. The second kappa shape index (κ2) is 6.36. The van der Waals surface area contributed by atoms with Crippen LogP contribution in [0, 0.1) is 0 Å². The summed E-state index contributed by atoms with van der Waals surface area (Å²) >= 11 is 1.69. The molecule has 6 heteroatoms. The van der Waals surface area contributed by atoms with Crippen LogP contribution in [0.25, 0.3) is 11.1 Å². The number of thiophene rings is 1. The number of carbonyl (C=O) groups is 1. The smallest absolute Gasteiger partial charge is 0.254 e. The fourth-order valence-electron chi connectivity index (χ4n) is 4.48. The number of rotatable bonds is 3. The van der Waals surface area contributed by atoms with E-state index >= 15 is 0 Å². The molecule has 1 amide bonds. The monoisotopic (exact) mass is 364 g/mol. The lowest BCUT2D eigenvalue weighted by atomic mass is 9.96. The van der Waals surface area contributed by atoms with Crippen LogP contribution < -0.4 is 0 Å². The standard InChI is InChI=1S/C20H20N4OS/c25-20(15-3-1-14(2-4-15)16-7-8-26-11-16)24-17-5-6-18(24)10-19(9-17)23-13-21-12-22-23/h1-4,7-8,11-13,17-19H,5-6,9-10H2. The molecule has 5 rings (SSSR count). The molecule has 4 heterocycles. The molecule has 2 aliphatic rings. The average Bonchev–Trinajstić information content (AvgIpc) is 3.42.